The number of hydrogen-bond acceptors (Lipinski definition) is 6. The molecule has 0 N–H and O–H groups in total. The number of pyridine rings is 2. The zero-order valence-electron chi connectivity index (χ0n) is 17.8. The summed E-state index contributed by atoms with van der Waals surface area (Å²) in [6.07, 6.45) is 3.97. The fraction of sp³-hybridized carbons (Fsp3) is 0.391. The van der Waals surface area contributed by atoms with Crippen LogP contribution in [0.5, 0.6) is 11.6 Å². The van der Waals surface area contributed by atoms with Crippen LogP contribution in [0.15, 0.2) is 41.3 Å². The SMILES string of the molecule is COc1ccc([C@H]2C[C@@H]2COc2cc(CCc3ccc(Cl)c(C)n3)c(=O)n(C)n2)nc1. The zero-order valence-corrected chi connectivity index (χ0v) is 18.6. The second kappa shape index (κ2) is 9.06. The normalized spacial score (nSPS) is 17.4. The third-order valence-electron chi connectivity index (χ3n) is 5.59. The van der Waals surface area contributed by atoms with Crippen LogP contribution < -0.4 is 15.0 Å². The van der Waals surface area contributed by atoms with Gasteiger partial charge in [-0.15, -0.1) is 5.10 Å². The Balaban J connectivity index is 1.37. The highest BCUT2D eigenvalue weighted by Crippen LogP contribution is 2.46. The molecule has 1 fully saturated rings. The van der Waals surface area contributed by atoms with Crippen molar-refractivity contribution in [2.24, 2.45) is 13.0 Å². The average molecular weight is 441 g/mol. The minimum atomic E-state index is -0.121. The molecule has 162 valence electrons. The predicted octanol–water partition coefficient (Wildman–Crippen LogP) is 3.51. The van der Waals surface area contributed by atoms with Crippen LogP contribution in [-0.2, 0) is 19.9 Å². The van der Waals surface area contributed by atoms with E-state index in [1.165, 1.54) is 4.68 Å². The van der Waals surface area contributed by atoms with Crippen molar-refractivity contribution in [3.05, 3.63) is 74.6 Å². The summed E-state index contributed by atoms with van der Waals surface area (Å²) in [7, 11) is 3.27. The molecule has 0 aliphatic heterocycles. The summed E-state index contributed by atoms with van der Waals surface area (Å²) in [5.41, 5.74) is 3.28. The Bertz CT molecular complexity index is 1130. The smallest absolute Gasteiger partial charge is 0.269 e. The maximum Gasteiger partial charge on any atom is 0.269 e. The van der Waals surface area contributed by atoms with Gasteiger partial charge >= 0.3 is 0 Å². The molecule has 2 atom stereocenters. The molecule has 1 aliphatic rings. The molecule has 0 radical (unpaired) electrons. The fourth-order valence-corrected chi connectivity index (χ4v) is 3.71. The highest BCUT2D eigenvalue weighted by atomic mass is 35.5. The standard InChI is InChI=1S/C23H25ClN4O3/c1-14-20(24)8-6-17(26-14)5-4-15-11-22(27-28(2)23(15)29)31-13-16-10-19(16)21-9-7-18(30-3)12-25-21/h6-9,11-12,16,19H,4-5,10,13H2,1-3H3/t16-,19+/m1/s1. The number of aryl methyl sites for hydroxylation is 4. The van der Waals surface area contributed by atoms with Crippen molar-refractivity contribution in [2.45, 2.75) is 32.1 Å². The molecule has 4 rings (SSSR count). The van der Waals surface area contributed by atoms with Crippen LogP contribution in [0, 0.1) is 12.8 Å². The molecule has 1 aliphatic carbocycles. The van der Waals surface area contributed by atoms with Crippen LogP contribution in [0.4, 0.5) is 0 Å². The first-order chi connectivity index (χ1) is 14.9. The quantitative estimate of drug-likeness (QED) is 0.533. The summed E-state index contributed by atoms with van der Waals surface area (Å²) < 4.78 is 12.4. The van der Waals surface area contributed by atoms with Gasteiger partial charge in [0.05, 0.1) is 30.6 Å². The van der Waals surface area contributed by atoms with Crippen LogP contribution in [-0.4, -0.2) is 33.5 Å². The molecule has 7 nitrogen and oxygen atoms in total. The maximum absolute atomic E-state index is 12.5. The summed E-state index contributed by atoms with van der Waals surface area (Å²) in [4.78, 5) is 21.4. The third-order valence-corrected chi connectivity index (χ3v) is 5.99. The van der Waals surface area contributed by atoms with Gasteiger partial charge in [0.1, 0.15) is 5.75 Å². The van der Waals surface area contributed by atoms with Gasteiger partial charge in [-0.25, -0.2) is 4.68 Å². The van der Waals surface area contributed by atoms with Crippen molar-refractivity contribution in [1.29, 1.82) is 0 Å². The van der Waals surface area contributed by atoms with Crippen LogP contribution >= 0.6 is 11.6 Å². The molecule has 8 heteroatoms. The van der Waals surface area contributed by atoms with Crippen LogP contribution in [0.1, 0.15) is 35.0 Å². The summed E-state index contributed by atoms with van der Waals surface area (Å²) in [5, 5.41) is 4.89. The Hall–Kier alpha value is -2.93. The number of methoxy groups -OCH3 is 1. The minimum Gasteiger partial charge on any atom is -0.495 e. The summed E-state index contributed by atoms with van der Waals surface area (Å²) in [6.45, 7) is 2.41. The summed E-state index contributed by atoms with van der Waals surface area (Å²) in [5.74, 6) is 2.00. The molecule has 31 heavy (non-hydrogen) atoms. The van der Waals surface area contributed by atoms with Gasteiger partial charge in [0.2, 0.25) is 5.88 Å². The Kier molecular flexibility index (Phi) is 6.23. The van der Waals surface area contributed by atoms with Gasteiger partial charge < -0.3 is 9.47 Å². The Labute approximate surface area is 186 Å². The van der Waals surface area contributed by atoms with Gasteiger partial charge in [0.25, 0.3) is 5.56 Å². The van der Waals surface area contributed by atoms with Crippen molar-refractivity contribution in [1.82, 2.24) is 19.7 Å². The highest BCUT2D eigenvalue weighted by Gasteiger charge is 2.40. The third kappa shape index (κ3) is 5.05. The molecule has 0 bridgehead atoms. The van der Waals surface area contributed by atoms with Crippen molar-refractivity contribution >= 4 is 11.6 Å². The van der Waals surface area contributed by atoms with E-state index in [0.29, 0.717) is 47.8 Å². The zero-order chi connectivity index (χ0) is 22.0. The van der Waals surface area contributed by atoms with Crippen LogP contribution in [0.25, 0.3) is 0 Å². The van der Waals surface area contributed by atoms with Gasteiger partial charge in [-0.05, 0) is 50.5 Å². The van der Waals surface area contributed by atoms with Crippen molar-refractivity contribution in [2.75, 3.05) is 13.7 Å². The van der Waals surface area contributed by atoms with Gasteiger partial charge in [-0.3, -0.25) is 14.8 Å². The molecule has 0 spiro atoms. The first-order valence-corrected chi connectivity index (χ1v) is 10.6. The maximum atomic E-state index is 12.5. The topological polar surface area (TPSA) is 79.1 Å². The van der Waals surface area contributed by atoms with E-state index < -0.39 is 0 Å². The van der Waals surface area contributed by atoms with Gasteiger partial charge in [-0.1, -0.05) is 11.6 Å². The lowest BCUT2D eigenvalue weighted by Gasteiger charge is -2.09. The van der Waals surface area contributed by atoms with E-state index in [0.717, 1.165) is 29.3 Å². The largest absolute Gasteiger partial charge is 0.495 e. The Morgan fingerprint density at radius 1 is 1.23 bits per heavy atom. The second-order valence-corrected chi connectivity index (χ2v) is 8.25. The second-order valence-electron chi connectivity index (χ2n) is 7.84. The number of ether oxygens (including phenoxy) is 2. The molecule has 3 aromatic heterocycles. The number of rotatable bonds is 8. The lowest BCUT2D eigenvalue weighted by atomic mass is 10.1. The summed E-state index contributed by atoms with van der Waals surface area (Å²) in [6, 6.07) is 9.39. The predicted molar refractivity (Wildman–Crippen MR) is 118 cm³/mol. The van der Waals surface area contributed by atoms with Gasteiger partial charge in [-0.2, -0.15) is 0 Å². The van der Waals surface area contributed by atoms with Crippen molar-refractivity contribution < 1.29 is 9.47 Å². The number of hydrogen-bond donors (Lipinski definition) is 0. The van der Waals surface area contributed by atoms with Gasteiger partial charge in [0, 0.05) is 41.9 Å². The van der Waals surface area contributed by atoms with Crippen molar-refractivity contribution in [3.8, 4) is 11.6 Å². The molecule has 3 aromatic rings. The average Bonchev–Trinajstić information content (AvgIpc) is 3.55. The fourth-order valence-electron chi connectivity index (χ4n) is 3.61. The van der Waals surface area contributed by atoms with E-state index in [1.54, 1.807) is 26.4 Å². The first kappa shape index (κ1) is 21.3. The molecule has 3 heterocycles. The molecule has 1 saturated carbocycles. The molecule has 0 saturated heterocycles. The highest BCUT2D eigenvalue weighted by molar-refractivity contribution is 6.31. The van der Waals surface area contributed by atoms with E-state index in [-0.39, 0.29) is 5.56 Å². The lowest BCUT2D eigenvalue weighted by molar-refractivity contribution is 0.277. The molecule has 0 unspecified atom stereocenters. The molecular weight excluding hydrogens is 416 g/mol. The van der Waals surface area contributed by atoms with Crippen LogP contribution in [0.2, 0.25) is 5.02 Å². The van der Waals surface area contributed by atoms with E-state index >= 15 is 0 Å². The van der Waals surface area contributed by atoms with Crippen molar-refractivity contribution in [3.63, 3.8) is 0 Å². The number of nitrogens with zero attached hydrogens (tertiary/aromatic N) is 4. The monoisotopic (exact) mass is 440 g/mol. The lowest BCUT2D eigenvalue weighted by Crippen LogP contribution is -2.24. The minimum absolute atomic E-state index is 0.121. The van der Waals surface area contributed by atoms with E-state index in [1.807, 2.05) is 31.2 Å². The Morgan fingerprint density at radius 2 is 2.06 bits per heavy atom. The van der Waals surface area contributed by atoms with Gasteiger partial charge in [0.15, 0.2) is 0 Å². The number of halogens is 1. The number of aromatic nitrogens is 4. The molecule has 0 amide bonds. The first-order valence-electron chi connectivity index (χ1n) is 10.3. The van der Waals surface area contributed by atoms with E-state index in [4.69, 9.17) is 21.1 Å². The van der Waals surface area contributed by atoms with E-state index in [2.05, 4.69) is 15.1 Å². The molecule has 0 aromatic carbocycles. The summed E-state index contributed by atoms with van der Waals surface area (Å²) >= 11 is 6.04. The van der Waals surface area contributed by atoms with E-state index in [9.17, 15) is 4.79 Å². The van der Waals surface area contributed by atoms with Crippen LogP contribution in [0.3, 0.4) is 0 Å². The Morgan fingerprint density at radius 3 is 2.77 bits per heavy atom. The molecular formula is C23H25ClN4O3.